The number of hydrogen-bond donors (Lipinski definition) is 0. The highest BCUT2D eigenvalue weighted by molar-refractivity contribution is 6.21. The highest BCUT2D eigenvalue weighted by Gasteiger charge is 2.18. The van der Waals surface area contributed by atoms with Crippen LogP contribution in [0.25, 0.3) is 94.0 Å². The molecule has 260 valence electrons. The lowest BCUT2D eigenvalue weighted by Gasteiger charge is -2.18. The van der Waals surface area contributed by atoms with E-state index in [9.17, 15) is 0 Å². The first-order valence-electron chi connectivity index (χ1n) is 18.7. The van der Waals surface area contributed by atoms with Crippen molar-refractivity contribution in [1.29, 1.82) is 0 Å². The first-order chi connectivity index (χ1) is 27.2. The van der Waals surface area contributed by atoms with Gasteiger partial charge in [-0.3, -0.25) is 0 Å². The van der Waals surface area contributed by atoms with Gasteiger partial charge in [-0.2, -0.15) is 0 Å². The summed E-state index contributed by atoms with van der Waals surface area (Å²) >= 11 is 0. The highest BCUT2D eigenvalue weighted by Crippen LogP contribution is 2.44. The minimum Gasteiger partial charge on any atom is -0.228 e. The fraction of sp³-hybridized carbons (Fsp3) is 0.0189. The van der Waals surface area contributed by atoms with Gasteiger partial charge >= 0.3 is 0 Å². The van der Waals surface area contributed by atoms with Crippen molar-refractivity contribution in [3.05, 3.63) is 212 Å². The Morgan fingerprint density at radius 1 is 0.455 bits per heavy atom. The summed E-state index contributed by atoms with van der Waals surface area (Å²) in [4.78, 5) is 10.5. The zero-order chi connectivity index (χ0) is 37.1. The summed E-state index contributed by atoms with van der Waals surface area (Å²) in [6, 6.07) is 62.8. The third-order valence-electron chi connectivity index (χ3n) is 10.4. The van der Waals surface area contributed by atoms with Gasteiger partial charge in [0.2, 0.25) is 0 Å². The summed E-state index contributed by atoms with van der Waals surface area (Å²) in [7, 11) is 0. The monoisotopic (exact) mass is 702 g/mol. The normalized spacial score (nSPS) is 11.8. The van der Waals surface area contributed by atoms with Crippen molar-refractivity contribution in [1.82, 2.24) is 9.97 Å². The van der Waals surface area contributed by atoms with E-state index in [1.54, 1.807) is 6.08 Å². The van der Waals surface area contributed by atoms with Gasteiger partial charge in [0, 0.05) is 16.7 Å². The molecule has 9 aromatic rings. The van der Waals surface area contributed by atoms with Gasteiger partial charge in [0.05, 0.1) is 11.4 Å². The van der Waals surface area contributed by atoms with E-state index in [2.05, 4.69) is 196 Å². The fourth-order valence-corrected chi connectivity index (χ4v) is 7.78. The molecule has 0 bridgehead atoms. The fourth-order valence-electron chi connectivity index (χ4n) is 7.78. The van der Waals surface area contributed by atoms with Gasteiger partial charge in [-0.25, -0.2) is 9.97 Å². The molecule has 55 heavy (non-hydrogen) atoms. The summed E-state index contributed by atoms with van der Waals surface area (Å²) in [5.74, 6) is 0.683. The molecule has 0 saturated heterocycles. The second-order valence-corrected chi connectivity index (χ2v) is 13.7. The molecule has 0 atom stereocenters. The largest absolute Gasteiger partial charge is 0.228 e. The van der Waals surface area contributed by atoms with Crippen LogP contribution in [0.2, 0.25) is 0 Å². The first-order valence-corrected chi connectivity index (χ1v) is 18.7. The van der Waals surface area contributed by atoms with Crippen LogP contribution in [0.4, 0.5) is 0 Å². The Kier molecular flexibility index (Phi) is 8.99. The summed E-state index contributed by atoms with van der Waals surface area (Å²) < 4.78 is 0. The van der Waals surface area contributed by atoms with Crippen molar-refractivity contribution in [2.45, 2.75) is 6.92 Å². The minimum absolute atomic E-state index is 0.683. The lowest BCUT2D eigenvalue weighted by atomic mass is 9.85. The number of benzene rings is 8. The van der Waals surface area contributed by atoms with Crippen LogP contribution in [0, 0.1) is 0 Å². The lowest BCUT2D eigenvalue weighted by Crippen LogP contribution is -1.97. The molecule has 2 heteroatoms. The van der Waals surface area contributed by atoms with E-state index >= 15 is 0 Å². The van der Waals surface area contributed by atoms with E-state index in [0.29, 0.717) is 5.82 Å². The number of fused-ring (bicyclic) bond motifs is 3. The molecule has 0 amide bonds. The Labute approximate surface area is 322 Å². The Morgan fingerprint density at radius 2 is 1.00 bits per heavy atom. The maximum absolute atomic E-state index is 5.26. The predicted molar refractivity (Wildman–Crippen MR) is 235 cm³/mol. The molecule has 0 spiro atoms. The summed E-state index contributed by atoms with van der Waals surface area (Å²) in [6.07, 6.45) is 7.97. The van der Waals surface area contributed by atoms with Gasteiger partial charge in [0.25, 0.3) is 0 Å². The van der Waals surface area contributed by atoms with Crippen molar-refractivity contribution >= 4 is 37.9 Å². The molecular formula is C53H38N2. The summed E-state index contributed by atoms with van der Waals surface area (Å²) in [6.45, 7) is 5.91. The van der Waals surface area contributed by atoms with Crippen LogP contribution in [0.5, 0.6) is 0 Å². The van der Waals surface area contributed by atoms with E-state index in [0.717, 1.165) is 44.8 Å². The molecule has 1 aromatic heterocycles. The third-order valence-corrected chi connectivity index (χ3v) is 10.4. The predicted octanol–water partition coefficient (Wildman–Crippen LogP) is 14.4. The molecule has 0 unspecified atom stereocenters. The standard InChI is InChI=1S/C53H38N2/c1-3-5-17-36(4-2)39-22-15-23-41(32-39)50-35-49(38-19-7-6-8-20-38)54-53(55-50)44-25-16-24-42(34-44)51-45-26-11-13-28-47(45)52(48-29-14-12-27-46(48)51)43-31-30-37-18-9-10-21-40(37)33-43/h3-35H,1H2,2H3/b17-5-,36-4+. The number of aromatic nitrogens is 2. The molecular weight excluding hydrogens is 665 g/mol. The highest BCUT2D eigenvalue weighted by atomic mass is 14.9. The lowest BCUT2D eigenvalue weighted by molar-refractivity contribution is 1.18. The topological polar surface area (TPSA) is 25.8 Å². The summed E-state index contributed by atoms with van der Waals surface area (Å²) in [5.41, 5.74) is 11.8. The van der Waals surface area contributed by atoms with Crippen LogP contribution in [0.3, 0.4) is 0 Å². The average molecular weight is 703 g/mol. The molecule has 9 rings (SSSR count). The van der Waals surface area contributed by atoms with Gasteiger partial charge in [0.1, 0.15) is 0 Å². The van der Waals surface area contributed by atoms with Crippen molar-refractivity contribution < 1.29 is 0 Å². The Bertz CT molecular complexity index is 2890. The molecule has 2 nitrogen and oxygen atoms in total. The molecule has 1 heterocycles. The Balaban J connectivity index is 1.23. The average Bonchev–Trinajstić information content (AvgIpc) is 3.26. The molecule has 0 radical (unpaired) electrons. The van der Waals surface area contributed by atoms with Crippen molar-refractivity contribution in [3.63, 3.8) is 0 Å². The van der Waals surface area contributed by atoms with E-state index in [4.69, 9.17) is 9.97 Å². The van der Waals surface area contributed by atoms with Crippen LogP contribution in [-0.2, 0) is 0 Å². The molecule has 0 N–H and O–H groups in total. The Hall–Kier alpha value is -7.16. The van der Waals surface area contributed by atoms with E-state index < -0.39 is 0 Å². The molecule has 0 aliphatic rings. The van der Waals surface area contributed by atoms with E-state index in [1.165, 1.54) is 49.0 Å². The van der Waals surface area contributed by atoms with Gasteiger partial charge in [-0.05, 0) is 96.9 Å². The van der Waals surface area contributed by atoms with Crippen molar-refractivity contribution in [2.24, 2.45) is 0 Å². The van der Waals surface area contributed by atoms with Crippen molar-refractivity contribution in [2.75, 3.05) is 0 Å². The van der Waals surface area contributed by atoms with Crippen LogP contribution in [-0.4, -0.2) is 9.97 Å². The van der Waals surface area contributed by atoms with Crippen LogP contribution < -0.4 is 0 Å². The number of hydrogen-bond acceptors (Lipinski definition) is 2. The SMILES string of the molecule is C=C/C=C\C(=C/C)c1cccc(-c2cc(-c3ccccc3)nc(-c3cccc(-c4c5ccccc5c(-c5ccc6ccccc6c5)c5ccccc45)c3)n2)c1. The van der Waals surface area contributed by atoms with Crippen LogP contribution in [0.1, 0.15) is 12.5 Å². The van der Waals surface area contributed by atoms with Gasteiger partial charge in [-0.15, -0.1) is 0 Å². The first kappa shape index (κ1) is 33.7. The quantitative estimate of drug-likeness (QED) is 0.116. The number of nitrogens with zero attached hydrogens (tertiary/aromatic N) is 2. The molecule has 8 aromatic carbocycles. The van der Waals surface area contributed by atoms with Gasteiger partial charge in [-0.1, -0.05) is 183 Å². The smallest absolute Gasteiger partial charge is 0.160 e. The molecule has 0 aliphatic heterocycles. The van der Waals surface area contributed by atoms with Gasteiger partial charge in [0.15, 0.2) is 5.82 Å². The zero-order valence-corrected chi connectivity index (χ0v) is 30.7. The minimum atomic E-state index is 0.683. The maximum Gasteiger partial charge on any atom is 0.160 e. The molecule has 0 aliphatic carbocycles. The third kappa shape index (κ3) is 6.45. The molecule has 0 saturated carbocycles. The Morgan fingerprint density at radius 3 is 1.67 bits per heavy atom. The number of allylic oxidation sites excluding steroid dienone is 5. The van der Waals surface area contributed by atoms with E-state index in [1.807, 2.05) is 12.1 Å². The van der Waals surface area contributed by atoms with Crippen LogP contribution >= 0.6 is 0 Å². The second kappa shape index (κ2) is 14.7. The zero-order valence-electron chi connectivity index (χ0n) is 30.7. The second-order valence-electron chi connectivity index (χ2n) is 13.7. The van der Waals surface area contributed by atoms with E-state index in [-0.39, 0.29) is 0 Å². The number of rotatable bonds is 8. The van der Waals surface area contributed by atoms with Crippen molar-refractivity contribution in [3.8, 4) is 56.2 Å². The molecule has 0 fully saturated rings. The van der Waals surface area contributed by atoms with Crippen LogP contribution in [0.15, 0.2) is 207 Å². The summed E-state index contributed by atoms with van der Waals surface area (Å²) in [5, 5.41) is 7.35. The van der Waals surface area contributed by atoms with Gasteiger partial charge < -0.3 is 0 Å². The maximum atomic E-state index is 5.26.